The Morgan fingerprint density at radius 3 is 2.55 bits per heavy atom. The van der Waals surface area contributed by atoms with E-state index in [1.807, 2.05) is 48.5 Å². The smallest absolute Gasteiger partial charge is 0.0933 e. The maximum Gasteiger partial charge on any atom is 0.0933 e. The second-order valence-corrected chi connectivity index (χ2v) is 5.95. The lowest BCUT2D eigenvalue weighted by atomic mass is 10.2. The Bertz CT molecular complexity index is 696. The van der Waals surface area contributed by atoms with Gasteiger partial charge in [-0.15, -0.1) is 11.3 Å². The molecule has 4 heteroatoms. The zero-order valence-corrected chi connectivity index (χ0v) is 12.4. The van der Waals surface area contributed by atoms with E-state index in [2.05, 4.69) is 11.5 Å². The van der Waals surface area contributed by atoms with Gasteiger partial charge in [0.15, 0.2) is 0 Å². The highest BCUT2D eigenvalue weighted by molar-refractivity contribution is 7.19. The molecule has 0 saturated carbocycles. The van der Waals surface area contributed by atoms with Gasteiger partial charge < -0.3 is 0 Å². The van der Waals surface area contributed by atoms with E-state index < -0.39 is 0 Å². The SMILES string of the molecule is Clc1c(CNOCc2ccccc2)sc2ccccc12. The van der Waals surface area contributed by atoms with Crippen LogP contribution in [-0.2, 0) is 18.0 Å². The molecule has 3 aromatic rings. The summed E-state index contributed by atoms with van der Waals surface area (Å²) in [4.78, 5) is 6.57. The largest absolute Gasteiger partial charge is 0.297 e. The van der Waals surface area contributed by atoms with Gasteiger partial charge in [-0.25, -0.2) is 0 Å². The molecule has 0 bridgehead atoms. The summed E-state index contributed by atoms with van der Waals surface area (Å²) < 4.78 is 1.21. The topological polar surface area (TPSA) is 21.3 Å². The summed E-state index contributed by atoms with van der Waals surface area (Å²) >= 11 is 8.06. The minimum atomic E-state index is 0.545. The van der Waals surface area contributed by atoms with Crippen LogP contribution in [0.5, 0.6) is 0 Å². The Balaban J connectivity index is 1.59. The van der Waals surface area contributed by atoms with Crippen LogP contribution >= 0.6 is 22.9 Å². The van der Waals surface area contributed by atoms with Gasteiger partial charge in [-0.05, 0) is 11.6 Å². The van der Waals surface area contributed by atoms with E-state index in [0.717, 1.165) is 20.8 Å². The molecule has 0 fully saturated rings. The lowest BCUT2D eigenvalue weighted by Crippen LogP contribution is -2.13. The Kier molecular flexibility index (Phi) is 4.33. The minimum absolute atomic E-state index is 0.545. The lowest BCUT2D eigenvalue weighted by molar-refractivity contribution is 0.0241. The first-order valence-corrected chi connectivity index (χ1v) is 7.58. The predicted octanol–water partition coefficient (Wildman–Crippen LogP) is 4.78. The van der Waals surface area contributed by atoms with Crippen molar-refractivity contribution in [2.75, 3.05) is 0 Å². The lowest BCUT2D eigenvalue weighted by Gasteiger charge is -2.05. The number of hydrogen-bond donors (Lipinski definition) is 1. The Morgan fingerprint density at radius 2 is 1.75 bits per heavy atom. The Hall–Kier alpha value is -1.39. The number of thiophene rings is 1. The standard InChI is InChI=1S/C16H14ClNOS/c17-16-13-8-4-5-9-14(13)20-15(16)10-18-19-11-12-6-2-1-3-7-12/h1-9,18H,10-11H2. The summed E-state index contributed by atoms with van der Waals surface area (Å²) in [7, 11) is 0. The van der Waals surface area contributed by atoms with Gasteiger partial charge in [0.1, 0.15) is 0 Å². The van der Waals surface area contributed by atoms with E-state index in [4.69, 9.17) is 16.4 Å². The van der Waals surface area contributed by atoms with E-state index in [0.29, 0.717) is 13.2 Å². The Labute approximate surface area is 126 Å². The predicted molar refractivity (Wildman–Crippen MR) is 84.9 cm³/mol. The molecule has 0 radical (unpaired) electrons. The van der Waals surface area contributed by atoms with Crippen LogP contribution in [0, 0.1) is 0 Å². The molecule has 1 N–H and O–H groups in total. The molecule has 0 saturated heterocycles. The van der Waals surface area contributed by atoms with Crippen LogP contribution in [0.2, 0.25) is 5.02 Å². The number of benzene rings is 2. The van der Waals surface area contributed by atoms with Crippen molar-refractivity contribution in [3.05, 3.63) is 70.1 Å². The molecule has 1 heterocycles. The molecular weight excluding hydrogens is 290 g/mol. The van der Waals surface area contributed by atoms with Crippen molar-refractivity contribution in [3.8, 4) is 0 Å². The number of fused-ring (bicyclic) bond motifs is 1. The molecule has 0 unspecified atom stereocenters. The monoisotopic (exact) mass is 303 g/mol. The van der Waals surface area contributed by atoms with Crippen molar-refractivity contribution >= 4 is 33.0 Å². The van der Waals surface area contributed by atoms with Gasteiger partial charge in [0.25, 0.3) is 0 Å². The molecule has 2 nitrogen and oxygen atoms in total. The third-order valence-corrected chi connectivity index (χ3v) is 4.73. The fourth-order valence-corrected chi connectivity index (χ4v) is 3.43. The van der Waals surface area contributed by atoms with Crippen molar-refractivity contribution in [2.45, 2.75) is 13.2 Å². The van der Waals surface area contributed by atoms with Crippen molar-refractivity contribution in [1.82, 2.24) is 5.48 Å². The summed E-state index contributed by atoms with van der Waals surface area (Å²) in [6.07, 6.45) is 0. The molecule has 0 spiro atoms. The summed E-state index contributed by atoms with van der Waals surface area (Å²) in [5, 5.41) is 1.93. The van der Waals surface area contributed by atoms with Gasteiger partial charge in [0, 0.05) is 15.0 Å². The highest BCUT2D eigenvalue weighted by atomic mass is 35.5. The van der Waals surface area contributed by atoms with Gasteiger partial charge in [-0.3, -0.25) is 4.84 Å². The first-order chi connectivity index (χ1) is 9.84. The highest BCUT2D eigenvalue weighted by Crippen LogP contribution is 2.34. The summed E-state index contributed by atoms with van der Waals surface area (Å²) in [6.45, 7) is 1.16. The molecule has 0 atom stereocenters. The van der Waals surface area contributed by atoms with Gasteiger partial charge in [0.05, 0.1) is 18.2 Å². The zero-order chi connectivity index (χ0) is 13.8. The zero-order valence-electron chi connectivity index (χ0n) is 10.8. The molecule has 0 aliphatic carbocycles. The van der Waals surface area contributed by atoms with Crippen molar-refractivity contribution in [2.24, 2.45) is 0 Å². The van der Waals surface area contributed by atoms with Crippen LogP contribution < -0.4 is 5.48 Å². The number of rotatable bonds is 5. The van der Waals surface area contributed by atoms with E-state index in [9.17, 15) is 0 Å². The molecule has 102 valence electrons. The average molecular weight is 304 g/mol. The average Bonchev–Trinajstić information content (AvgIpc) is 2.82. The van der Waals surface area contributed by atoms with Crippen LogP contribution in [-0.4, -0.2) is 0 Å². The van der Waals surface area contributed by atoms with Gasteiger partial charge in [0.2, 0.25) is 0 Å². The molecular formula is C16H14ClNOS. The van der Waals surface area contributed by atoms with Crippen LogP contribution in [0.4, 0.5) is 0 Å². The van der Waals surface area contributed by atoms with Crippen LogP contribution in [0.1, 0.15) is 10.4 Å². The number of hydroxylamine groups is 1. The first-order valence-electron chi connectivity index (χ1n) is 6.39. The van der Waals surface area contributed by atoms with Gasteiger partial charge in [-0.2, -0.15) is 5.48 Å². The molecule has 0 aliphatic rings. The fourth-order valence-electron chi connectivity index (χ4n) is 2.00. The maximum atomic E-state index is 6.37. The van der Waals surface area contributed by atoms with Crippen molar-refractivity contribution in [3.63, 3.8) is 0 Å². The summed E-state index contributed by atoms with van der Waals surface area (Å²) in [5.41, 5.74) is 4.12. The second-order valence-electron chi connectivity index (χ2n) is 4.43. The van der Waals surface area contributed by atoms with E-state index in [1.54, 1.807) is 11.3 Å². The quantitative estimate of drug-likeness (QED) is 0.541. The third kappa shape index (κ3) is 3.02. The van der Waals surface area contributed by atoms with E-state index in [1.165, 1.54) is 4.70 Å². The minimum Gasteiger partial charge on any atom is -0.297 e. The summed E-state index contributed by atoms with van der Waals surface area (Å²) in [6, 6.07) is 18.2. The van der Waals surface area contributed by atoms with Gasteiger partial charge in [-0.1, -0.05) is 60.1 Å². The van der Waals surface area contributed by atoms with E-state index >= 15 is 0 Å². The first kappa shape index (κ1) is 13.6. The highest BCUT2D eigenvalue weighted by Gasteiger charge is 2.09. The van der Waals surface area contributed by atoms with Crippen LogP contribution in [0.3, 0.4) is 0 Å². The number of hydrogen-bond acceptors (Lipinski definition) is 3. The van der Waals surface area contributed by atoms with Gasteiger partial charge >= 0.3 is 0 Å². The normalized spacial score (nSPS) is 11.1. The third-order valence-electron chi connectivity index (χ3n) is 3.02. The van der Waals surface area contributed by atoms with Crippen molar-refractivity contribution < 1.29 is 4.84 Å². The second kappa shape index (κ2) is 6.37. The summed E-state index contributed by atoms with van der Waals surface area (Å²) in [5.74, 6) is 0. The maximum absolute atomic E-state index is 6.37. The fraction of sp³-hybridized carbons (Fsp3) is 0.125. The molecule has 0 aliphatic heterocycles. The Morgan fingerprint density at radius 1 is 1.00 bits per heavy atom. The molecule has 0 amide bonds. The van der Waals surface area contributed by atoms with E-state index in [-0.39, 0.29) is 0 Å². The molecule has 3 rings (SSSR count). The molecule has 20 heavy (non-hydrogen) atoms. The van der Waals surface area contributed by atoms with Crippen molar-refractivity contribution in [1.29, 1.82) is 0 Å². The van der Waals surface area contributed by atoms with Crippen LogP contribution in [0.25, 0.3) is 10.1 Å². The van der Waals surface area contributed by atoms with Crippen LogP contribution in [0.15, 0.2) is 54.6 Å². The number of nitrogens with one attached hydrogen (secondary N) is 1. The number of halogens is 1. The molecule has 2 aromatic carbocycles. The molecule has 1 aromatic heterocycles.